The summed E-state index contributed by atoms with van der Waals surface area (Å²) in [5.41, 5.74) is 3.57. The summed E-state index contributed by atoms with van der Waals surface area (Å²) in [5.74, 6) is -0.332. The van der Waals surface area contributed by atoms with E-state index in [1.54, 1.807) is 0 Å². The van der Waals surface area contributed by atoms with E-state index in [2.05, 4.69) is 67.3 Å². The van der Waals surface area contributed by atoms with Gasteiger partial charge >= 0.3 is 0 Å². The maximum absolute atomic E-state index is 10.8. The summed E-state index contributed by atoms with van der Waals surface area (Å²) in [6, 6.07) is 17.6. The van der Waals surface area contributed by atoms with Crippen molar-refractivity contribution in [1.82, 2.24) is 0 Å². The molecule has 0 amide bonds. The molecule has 0 radical (unpaired) electrons. The van der Waals surface area contributed by atoms with E-state index in [1.807, 2.05) is 29.1 Å². The maximum Gasteiger partial charge on any atom is 0.169 e. The molecule has 3 rings (SSSR count). The van der Waals surface area contributed by atoms with Gasteiger partial charge in [-0.05, 0) is 52.9 Å². The standard InChI is InChI=1S/C36H52N2O3S/c1-3-5-7-9-11-13-25-38(26-14-12-10-8-6-4-2)36-21-20-34-30-33(18-19-35(34)31-36)17-16-32-22-27-37(28-23-32)24-15-29-42(39,40)41/h16-23,27-28,30-31H,3-15,24-26,29H2,1-2H3. The molecular formula is C36H52N2O3S. The molecule has 0 fully saturated rings. The second-order valence-corrected chi connectivity index (χ2v) is 13.2. The van der Waals surface area contributed by atoms with Crippen molar-refractivity contribution in [2.24, 2.45) is 0 Å². The zero-order valence-corrected chi connectivity index (χ0v) is 26.8. The van der Waals surface area contributed by atoms with Crippen molar-refractivity contribution < 1.29 is 17.5 Å². The van der Waals surface area contributed by atoms with Crippen molar-refractivity contribution in [3.05, 3.63) is 72.1 Å². The fraction of sp³-hybridized carbons (Fsp3) is 0.528. The molecule has 0 aliphatic rings. The average Bonchev–Trinajstić information content (AvgIpc) is 2.98. The number of hydrogen-bond acceptors (Lipinski definition) is 4. The van der Waals surface area contributed by atoms with Crippen molar-refractivity contribution in [3.8, 4) is 0 Å². The molecule has 5 nitrogen and oxygen atoms in total. The molecule has 0 aliphatic carbocycles. The van der Waals surface area contributed by atoms with Crippen molar-refractivity contribution in [2.75, 3.05) is 23.7 Å². The maximum atomic E-state index is 10.8. The lowest BCUT2D eigenvalue weighted by Gasteiger charge is -2.25. The van der Waals surface area contributed by atoms with Crippen LogP contribution in [-0.2, 0) is 16.7 Å². The van der Waals surface area contributed by atoms with Gasteiger partial charge in [0, 0.05) is 43.1 Å². The van der Waals surface area contributed by atoms with Crippen LogP contribution < -0.4 is 9.47 Å². The molecule has 0 spiro atoms. The number of fused-ring (bicyclic) bond motifs is 1. The van der Waals surface area contributed by atoms with Crippen LogP contribution in [0.2, 0.25) is 0 Å². The highest BCUT2D eigenvalue weighted by Gasteiger charge is 2.08. The first-order valence-electron chi connectivity index (χ1n) is 16.3. The molecule has 1 heterocycles. The van der Waals surface area contributed by atoms with E-state index in [0.29, 0.717) is 13.0 Å². The van der Waals surface area contributed by atoms with Crippen molar-refractivity contribution in [1.29, 1.82) is 0 Å². The number of unbranched alkanes of at least 4 members (excludes halogenated alkanes) is 10. The lowest BCUT2D eigenvalue weighted by Crippen LogP contribution is -2.33. The molecule has 0 saturated heterocycles. The number of benzene rings is 2. The first-order valence-corrected chi connectivity index (χ1v) is 17.8. The van der Waals surface area contributed by atoms with Crippen LogP contribution >= 0.6 is 0 Å². The summed E-state index contributed by atoms with van der Waals surface area (Å²) >= 11 is 0. The van der Waals surface area contributed by atoms with Crippen LogP contribution in [0.4, 0.5) is 5.69 Å². The van der Waals surface area contributed by atoms with Crippen LogP contribution in [0.3, 0.4) is 0 Å². The molecule has 0 atom stereocenters. The predicted octanol–water partition coefficient (Wildman–Crippen LogP) is 8.76. The second-order valence-electron chi connectivity index (χ2n) is 11.6. The van der Waals surface area contributed by atoms with E-state index in [-0.39, 0.29) is 5.75 Å². The van der Waals surface area contributed by atoms with Gasteiger partial charge in [-0.15, -0.1) is 0 Å². The Morgan fingerprint density at radius 2 is 1.21 bits per heavy atom. The number of anilines is 1. The Balaban J connectivity index is 1.60. The zero-order chi connectivity index (χ0) is 30.0. The normalized spacial score (nSPS) is 12.0. The molecule has 0 aliphatic heterocycles. The topological polar surface area (TPSA) is 64.3 Å². The SMILES string of the molecule is CCCCCCCCN(CCCCCCCC)c1ccc2cc(/C=C/c3cc[n+](CCCS(=O)(=O)[O-])cc3)ccc2c1. The molecule has 0 unspecified atom stereocenters. The molecule has 230 valence electrons. The fourth-order valence-electron chi connectivity index (χ4n) is 5.43. The van der Waals surface area contributed by atoms with Gasteiger partial charge in [-0.1, -0.05) is 108 Å². The van der Waals surface area contributed by atoms with E-state index in [9.17, 15) is 13.0 Å². The summed E-state index contributed by atoms with van der Waals surface area (Å²) in [5, 5.41) is 2.53. The van der Waals surface area contributed by atoms with Crippen LogP contribution in [0.25, 0.3) is 22.9 Å². The smallest absolute Gasteiger partial charge is 0.169 e. The first kappa shape index (κ1) is 33.8. The summed E-state index contributed by atoms with van der Waals surface area (Å²) in [6.45, 7) is 7.35. The quantitative estimate of drug-likeness (QED) is 0.0705. The Hall–Kier alpha value is -2.70. The van der Waals surface area contributed by atoms with Crippen LogP contribution in [0.5, 0.6) is 0 Å². The van der Waals surface area contributed by atoms with E-state index in [4.69, 9.17) is 0 Å². The van der Waals surface area contributed by atoms with Gasteiger partial charge in [0.2, 0.25) is 0 Å². The lowest BCUT2D eigenvalue weighted by molar-refractivity contribution is -0.696. The molecule has 2 aromatic carbocycles. The third-order valence-corrected chi connectivity index (χ3v) is 8.76. The average molecular weight is 593 g/mol. The van der Waals surface area contributed by atoms with Crippen molar-refractivity contribution in [2.45, 2.75) is 104 Å². The van der Waals surface area contributed by atoms with Gasteiger partial charge in [-0.25, -0.2) is 13.0 Å². The molecule has 0 saturated carbocycles. The number of nitrogens with zero attached hydrogens (tertiary/aromatic N) is 2. The minimum atomic E-state index is -4.16. The highest BCUT2D eigenvalue weighted by molar-refractivity contribution is 7.85. The molecule has 42 heavy (non-hydrogen) atoms. The van der Waals surface area contributed by atoms with Crippen LogP contribution in [0.15, 0.2) is 60.9 Å². The Morgan fingerprint density at radius 1 is 0.667 bits per heavy atom. The van der Waals surface area contributed by atoms with Crippen molar-refractivity contribution in [3.63, 3.8) is 0 Å². The number of aryl methyl sites for hydroxylation is 1. The Kier molecular flexibility index (Phi) is 15.1. The van der Waals surface area contributed by atoms with Gasteiger partial charge in [0.25, 0.3) is 0 Å². The second kappa shape index (κ2) is 18.8. The summed E-state index contributed by atoms with van der Waals surface area (Å²) < 4.78 is 34.3. The highest BCUT2D eigenvalue weighted by Crippen LogP contribution is 2.25. The van der Waals surface area contributed by atoms with Gasteiger partial charge in [-0.2, -0.15) is 0 Å². The Morgan fingerprint density at radius 3 is 1.83 bits per heavy atom. The van der Waals surface area contributed by atoms with Gasteiger partial charge in [-0.3, -0.25) is 0 Å². The third kappa shape index (κ3) is 13.1. The van der Waals surface area contributed by atoms with E-state index in [1.165, 1.54) is 93.5 Å². The Labute approximate surface area is 255 Å². The van der Waals surface area contributed by atoms with Crippen molar-refractivity contribution >= 4 is 38.7 Å². The minimum Gasteiger partial charge on any atom is -0.748 e. The third-order valence-electron chi connectivity index (χ3n) is 7.97. The van der Waals surface area contributed by atoms with Gasteiger partial charge in [0.05, 0.1) is 10.1 Å². The van der Waals surface area contributed by atoms with Gasteiger partial charge in [0.1, 0.15) is 6.54 Å². The molecule has 0 N–H and O–H groups in total. The Bertz CT molecular complexity index is 1300. The van der Waals surface area contributed by atoms with E-state index < -0.39 is 10.1 Å². The van der Waals surface area contributed by atoms with E-state index in [0.717, 1.165) is 24.2 Å². The molecule has 3 aromatic rings. The van der Waals surface area contributed by atoms with Gasteiger partial charge < -0.3 is 9.45 Å². The number of rotatable bonds is 21. The minimum absolute atomic E-state index is 0.320. The zero-order valence-electron chi connectivity index (χ0n) is 26.0. The highest BCUT2D eigenvalue weighted by atomic mass is 32.2. The van der Waals surface area contributed by atoms with Crippen LogP contribution in [0.1, 0.15) is 108 Å². The van der Waals surface area contributed by atoms with Gasteiger partial charge in [0.15, 0.2) is 12.4 Å². The predicted molar refractivity (Wildman–Crippen MR) is 178 cm³/mol. The fourth-order valence-corrected chi connectivity index (χ4v) is 5.92. The largest absolute Gasteiger partial charge is 0.748 e. The summed E-state index contributed by atoms with van der Waals surface area (Å²) in [7, 11) is -4.16. The van der Waals surface area contributed by atoms with Crippen LogP contribution in [0, 0.1) is 0 Å². The van der Waals surface area contributed by atoms with Crippen LogP contribution in [-0.4, -0.2) is 31.8 Å². The number of pyridine rings is 1. The van der Waals surface area contributed by atoms with E-state index >= 15 is 0 Å². The molecule has 1 aromatic heterocycles. The molecule has 6 heteroatoms. The molecule has 0 bridgehead atoms. The molecular weight excluding hydrogens is 540 g/mol. The lowest BCUT2D eigenvalue weighted by atomic mass is 10.0. The number of aromatic nitrogens is 1. The first-order chi connectivity index (χ1) is 20.4. The monoisotopic (exact) mass is 592 g/mol. The number of hydrogen-bond donors (Lipinski definition) is 0. The summed E-state index contributed by atoms with van der Waals surface area (Å²) in [6.07, 6.45) is 24.3. The summed E-state index contributed by atoms with van der Waals surface area (Å²) in [4.78, 5) is 2.62.